The second-order valence-electron chi connectivity index (χ2n) is 7.92. The number of amides is 1. The third-order valence-electron chi connectivity index (χ3n) is 5.81. The van der Waals surface area contributed by atoms with E-state index in [2.05, 4.69) is 17.0 Å². The van der Waals surface area contributed by atoms with E-state index >= 15 is 0 Å². The van der Waals surface area contributed by atoms with E-state index in [-0.39, 0.29) is 5.91 Å². The van der Waals surface area contributed by atoms with Crippen molar-refractivity contribution in [3.8, 4) is 0 Å². The van der Waals surface area contributed by atoms with Crippen LogP contribution in [-0.2, 0) is 9.53 Å². The Labute approximate surface area is 203 Å². The van der Waals surface area contributed by atoms with Crippen LogP contribution in [0.25, 0.3) is 11.8 Å². The molecule has 4 nitrogen and oxygen atoms in total. The van der Waals surface area contributed by atoms with Crippen LogP contribution in [0.5, 0.6) is 0 Å². The number of carbonyl (C=O) groups is 1. The van der Waals surface area contributed by atoms with Gasteiger partial charge >= 0.3 is 0 Å². The van der Waals surface area contributed by atoms with Crippen LogP contribution in [0.4, 0.5) is 11.4 Å². The lowest BCUT2D eigenvalue weighted by atomic mass is 10.1. The minimum atomic E-state index is -0.0982. The minimum Gasteiger partial charge on any atom is -0.378 e. The van der Waals surface area contributed by atoms with Gasteiger partial charge in [-0.1, -0.05) is 59.6 Å². The summed E-state index contributed by atoms with van der Waals surface area (Å²) < 4.78 is 5.45. The first-order chi connectivity index (χ1) is 16.1. The van der Waals surface area contributed by atoms with Crippen molar-refractivity contribution in [3.05, 3.63) is 106 Å². The second-order valence-corrected chi connectivity index (χ2v) is 8.76. The standard InChI is InChI=1S/C27H22Cl2N2O2/c28-22-7-6-20(25(29)18-22)16-21-17-26(19-4-2-1-3-5-19)31(27(21)32)24-10-8-23(9-11-24)30-12-14-33-15-13-30/h1-11,16-18H,12-15H2/b21-16+. The van der Waals surface area contributed by atoms with Crippen molar-refractivity contribution >= 4 is 52.3 Å². The van der Waals surface area contributed by atoms with Crippen LogP contribution in [0.15, 0.2) is 84.4 Å². The number of nitrogens with zero attached hydrogens (tertiary/aromatic N) is 2. The summed E-state index contributed by atoms with van der Waals surface area (Å²) in [5, 5.41) is 1.06. The molecule has 166 valence electrons. The number of anilines is 2. The highest BCUT2D eigenvalue weighted by Gasteiger charge is 2.30. The van der Waals surface area contributed by atoms with Crippen molar-refractivity contribution in [2.75, 3.05) is 36.1 Å². The molecule has 0 unspecified atom stereocenters. The summed E-state index contributed by atoms with van der Waals surface area (Å²) in [6.07, 6.45) is 3.73. The number of ether oxygens (including phenoxy) is 1. The van der Waals surface area contributed by atoms with Gasteiger partial charge in [0.15, 0.2) is 0 Å². The molecule has 1 amide bonds. The van der Waals surface area contributed by atoms with Gasteiger partial charge in [0.25, 0.3) is 5.91 Å². The van der Waals surface area contributed by atoms with E-state index in [1.807, 2.05) is 60.7 Å². The molecule has 2 aliphatic rings. The first-order valence-corrected chi connectivity index (χ1v) is 11.6. The fourth-order valence-corrected chi connectivity index (χ4v) is 4.58. The largest absolute Gasteiger partial charge is 0.378 e. The molecule has 0 radical (unpaired) electrons. The summed E-state index contributed by atoms with van der Waals surface area (Å²) in [5.74, 6) is -0.0982. The molecule has 5 rings (SSSR count). The van der Waals surface area contributed by atoms with Crippen molar-refractivity contribution in [1.29, 1.82) is 0 Å². The molecule has 0 spiro atoms. The smallest absolute Gasteiger partial charge is 0.262 e. The Balaban J connectivity index is 1.52. The van der Waals surface area contributed by atoms with Crippen LogP contribution >= 0.6 is 23.2 Å². The topological polar surface area (TPSA) is 32.8 Å². The minimum absolute atomic E-state index is 0.0982. The van der Waals surface area contributed by atoms with Gasteiger partial charge in [0, 0.05) is 40.1 Å². The number of benzene rings is 3. The van der Waals surface area contributed by atoms with Crippen LogP contribution in [-0.4, -0.2) is 32.2 Å². The molecule has 6 heteroatoms. The Hall–Kier alpha value is -3.05. The lowest BCUT2D eigenvalue weighted by Gasteiger charge is -2.29. The molecule has 0 atom stereocenters. The van der Waals surface area contributed by atoms with Gasteiger partial charge in [-0.2, -0.15) is 0 Å². The van der Waals surface area contributed by atoms with Gasteiger partial charge in [-0.15, -0.1) is 0 Å². The maximum Gasteiger partial charge on any atom is 0.262 e. The number of rotatable bonds is 4. The van der Waals surface area contributed by atoms with E-state index < -0.39 is 0 Å². The molecule has 0 aliphatic carbocycles. The number of hydrogen-bond acceptors (Lipinski definition) is 3. The van der Waals surface area contributed by atoms with Gasteiger partial charge in [-0.3, -0.25) is 9.69 Å². The van der Waals surface area contributed by atoms with Crippen molar-refractivity contribution in [1.82, 2.24) is 0 Å². The van der Waals surface area contributed by atoms with Crippen LogP contribution in [0.1, 0.15) is 11.1 Å². The molecule has 0 N–H and O–H groups in total. The number of morpholine rings is 1. The highest BCUT2D eigenvalue weighted by molar-refractivity contribution is 6.35. The Bertz CT molecular complexity index is 1230. The summed E-state index contributed by atoms with van der Waals surface area (Å²) in [4.78, 5) is 17.6. The predicted octanol–water partition coefficient (Wildman–Crippen LogP) is 6.30. The maximum absolute atomic E-state index is 13.6. The van der Waals surface area contributed by atoms with E-state index in [0.29, 0.717) is 15.6 Å². The molecule has 33 heavy (non-hydrogen) atoms. The third kappa shape index (κ3) is 4.55. The van der Waals surface area contributed by atoms with Crippen molar-refractivity contribution in [2.45, 2.75) is 0 Å². The lowest BCUT2D eigenvalue weighted by molar-refractivity contribution is -0.113. The van der Waals surface area contributed by atoms with Gasteiger partial charge in [-0.05, 0) is 59.7 Å². The summed E-state index contributed by atoms with van der Waals surface area (Å²) in [6.45, 7) is 3.20. The highest BCUT2D eigenvalue weighted by atomic mass is 35.5. The average Bonchev–Trinajstić information content (AvgIpc) is 3.18. The lowest BCUT2D eigenvalue weighted by Crippen LogP contribution is -2.36. The molecule has 0 aromatic heterocycles. The molecule has 0 bridgehead atoms. The molecule has 2 heterocycles. The van der Waals surface area contributed by atoms with E-state index in [1.54, 1.807) is 17.0 Å². The van der Waals surface area contributed by atoms with Crippen LogP contribution in [0, 0.1) is 0 Å². The number of hydrogen-bond donors (Lipinski definition) is 0. The molecule has 1 fully saturated rings. The van der Waals surface area contributed by atoms with E-state index in [9.17, 15) is 4.79 Å². The van der Waals surface area contributed by atoms with E-state index in [4.69, 9.17) is 27.9 Å². The molecule has 2 aliphatic heterocycles. The molecule has 3 aromatic rings. The highest BCUT2D eigenvalue weighted by Crippen LogP contribution is 2.36. The molecule has 0 saturated carbocycles. The van der Waals surface area contributed by atoms with Crippen molar-refractivity contribution in [3.63, 3.8) is 0 Å². The Morgan fingerprint density at radius 3 is 2.24 bits per heavy atom. The van der Waals surface area contributed by atoms with Gasteiger partial charge in [0.2, 0.25) is 0 Å². The van der Waals surface area contributed by atoms with Gasteiger partial charge in [0.1, 0.15) is 0 Å². The fraction of sp³-hybridized carbons (Fsp3) is 0.148. The average molecular weight is 477 g/mol. The van der Waals surface area contributed by atoms with E-state index in [1.165, 1.54) is 0 Å². The maximum atomic E-state index is 13.6. The zero-order valence-electron chi connectivity index (χ0n) is 17.9. The Kier molecular flexibility index (Phi) is 6.23. The van der Waals surface area contributed by atoms with Gasteiger partial charge in [0.05, 0.1) is 18.9 Å². The number of carbonyl (C=O) groups excluding carboxylic acids is 1. The second kappa shape index (κ2) is 9.44. The first-order valence-electron chi connectivity index (χ1n) is 10.8. The normalized spacial score (nSPS) is 17.6. The summed E-state index contributed by atoms with van der Waals surface area (Å²) in [6, 6.07) is 23.3. The Morgan fingerprint density at radius 1 is 0.848 bits per heavy atom. The quantitative estimate of drug-likeness (QED) is 0.414. The van der Waals surface area contributed by atoms with Crippen LogP contribution < -0.4 is 9.80 Å². The predicted molar refractivity (Wildman–Crippen MR) is 136 cm³/mol. The zero-order valence-corrected chi connectivity index (χ0v) is 19.4. The van der Waals surface area contributed by atoms with Gasteiger partial charge in [-0.25, -0.2) is 0 Å². The summed E-state index contributed by atoms with van der Waals surface area (Å²) in [5.41, 5.74) is 5.05. The molecule has 3 aromatic carbocycles. The van der Waals surface area contributed by atoms with E-state index in [0.717, 1.165) is 54.5 Å². The van der Waals surface area contributed by atoms with Crippen LogP contribution in [0.2, 0.25) is 10.0 Å². The molecular formula is C27H22Cl2N2O2. The zero-order chi connectivity index (χ0) is 22.8. The Morgan fingerprint density at radius 2 is 1.55 bits per heavy atom. The fourth-order valence-electron chi connectivity index (χ4n) is 4.11. The third-order valence-corrected chi connectivity index (χ3v) is 6.37. The molecule has 1 saturated heterocycles. The van der Waals surface area contributed by atoms with Crippen LogP contribution in [0.3, 0.4) is 0 Å². The van der Waals surface area contributed by atoms with Gasteiger partial charge < -0.3 is 9.64 Å². The first kappa shape index (κ1) is 21.8. The number of halogens is 2. The monoisotopic (exact) mass is 476 g/mol. The SMILES string of the molecule is O=C1/C(=C/c2ccc(Cl)cc2Cl)C=C(c2ccccc2)N1c1ccc(N2CCOCC2)cc1. The van der Waals surface area contributed by atoms with Crippen molar-refractivity contribution < 1.29 is 9.53 Å². The summed E-state index contributed by atoms with van der Waals surface area (Å²) in [7, 11) is 0. The van der Waals surface area contributed by atoms with Crippen molar-refractivity contribution in [2.24, 2.45) is 0 Å². The summed E-state index contributed by atoms with van der Waals surface area (Å²) >= 11 is 12.4. The molecular weight excluding hydrogens is 455 g/mol.